The van der Waals surface area contributed by atoms with Gasteiger partial charge in [-0.05, 0) is 79.0 Å². The molecule has 0 saturated heterocycles. The zero-order valence-corrected chi connectivity index (χ0v) is 14.9. The Morgan fingerprint density at radius 2 is 1.56 bits per heavy atom. The van der Waals surface area contributed by atoms with Crippen molar-refractivity contribution < 1.29 is 9.53 Å². The van der Waals surface area contributed by atoms with E-state index in [9.17, 15) is 4.79 Å². The third kappa shape index (κ3) is 3.28. The molecule has 3 nitrogen and oxygen atoms in total. The van der Waals surface area contributed by atoms with Crippen molar-refractivity contribution in [3.8, 4) is 11.5 Å². The standard InChI is InChI=1S/C22H25NO2/c1-23(2)22(24)17-7-11-20(12-8-17)25-19-9-5-16(6-10-19)21-14-15-3-4-18(21)13-15/h5-12,15,18,21H,3-4,13-14H2,1-2H3/t15-,18+,21?/m1/s1. The van der Waals surface area contributed by atoms with Crippen molar-refractivity contribution >= 4 is 5.91 Å². The van der Waals surface area contributed by atoms with Crippen molar-refractivity contribution in [1.82, 2.24) is 4.90 Å². The monoisotopic (exact) mass is 335 g/mol. The highest BCUT2D eigenvalue weighted by atomic mass is 16.5. The van der Waals surface area contributed by atoms with Crippen molar-refractivity contribution in [1.29, 1.82) is 0 Å². The second-order valence-electron chi connectivity index (χ2n) is 7.68. The van der Waals surface area contributed by atoms with Crippen LogP contribution in [0.3, 0.4) is 0 Å². The van der Waals surface area contributed by atoms with Crippen molar-refractivity contribution in [3.63, 3.8) is 0 Å². The molecule has 0 N–H and O–H groups in total. The van der Waals surface area contributed by atoms with Gasteiger partial charge in [0.25, 0.3) is 5.91 Å². The van der Waals surface area contributed by atoms with Crippen LogP contribution in [0.2, 0.25) is 0 Å². The molecule has 3 atom stereocenters. The zero-order valence-electron chi connectivity index (χ0n) is 14.9. The number of benzene rings is 2. The first-order valence-electron chi connectivity index (χ1n) is 9.19. The summed E-state index contributed by atoms with van der Waals surface area (Å²) in [6, 6.07) is 15.9. The molecular weight excluding hydrogens is 310 g/mol. The minimum absolute atomic E-state index is 0.00163. The van der Waals surface area contributed by atoms with Crippen LogP contribution in [0.25, 0.3) is 0 Å². The lowest BCUT2D eigenvalue weighted by molar-refractivity contribution is 0.0827. The van der Waals surface area contributed by atoms with Gasteiger partial charge in [0.2, 0.25) is 0 Å². The van der Waals surface area contributed by atoms with Crippen LogP contribution in [0.4, 0.5) is 0 Å². The Morgan fingerprint density at radius 3 is 2.08 bits per heavy atom. The van der Waals surface area contributed by atoms with E-state index in [4.69, 9.17) is 4.74 Å². The van der Waals surface area contributed by atoms with Gasteiger partial charge >= 0.3 is 0 Å². The second-order valence-corrected chi connectivity index (χ2v) is 7.68. The number of rotatable bonds is 4. The summed E-state index contributed by atoms with van der Waals surface area (Å²) in [7, 11) is 3.51. The molecule has 0 heterocycles. The molecule has 3 heteroatoms. The molecule has 0 aliphatic heterocycles. The van der Waals surface area contributed by atoms with E-state index in [1.54, 1.807) is 31.1 Å². The van der Waals surface area contributed by atoms with Gasteiger partial charge in [-0.3, -0.25) is 4.79 Å². The minimum Gasteiger partial charge on any atom is -0.457 e. The van der Waals surface area contributed by atoms with Gasteiger partial charge in [-0.25, -0.2) is 0 Å². The van der Waals surface area contributed by atoms with E-state index in [0.717, 1.165) is 29.3 Å². The largest absolute Gasteiger partial charge is 0.457 e. The maximum absolute atomic E-state index is 11.9. The molecular formula is C22H25NO2. The van der Waals surface area contributed by atoms with Crippen molar-refractivity contribution in [3.05, 3.63) is 59.7 Å². The van der Waals surface area contributed by atoms with Crippen LogP contribution in [0, 0.1) is 11.8 Å². The quantitative estimate of drug-likeness (QED) is 0.779. The van der Waals surface area contributed by atoms with Gasteiger partial charge in [0, 0.05) is 19.7 Å². The fourth-order valence-corrected chi connectivity index (χ4v) is 4.50. The summed E-state index contributed by atoms with van der Waals surface area (Å²) < 4.78 is 5.93. The third-order valence-corrected chi connectivity index (χ3v) is 5.79. The van der Waals surface area contributed by atoms with Gasteiger partial charge in [0.05, 0.1) is 0 Å². The lowest BCUT2D eigenvalue weighted by atomic mass is 9.83. The Balaban J connectivity index is 1.42. The van der Waals surface area contributed by atoms with E-state index in [2.05, 4.69) is 24.3 Å². The van der Waals surface area contributed by atoms with Crippen LogP contribution in [-0.4, -0.2) is 24.9 Å². The van der Waals surface area contributed by atoms with Crippen molar-refractivity contribution in [2.75, 3.05) is 14.1 Å². The molecule has 130 valence electrons. The molecule has 2 aromatic carbocycles. The first-order valence-corrected chi connectivity index (χ1v) is 9.19. The summed E-state index contributed by atoms with van der Waals surface area (Å²) in [5, 5.41) is 0. The Bertz CT molecular complexity index is 749. The number of hydrogen-bond donors (Lipinski definition) is 0. The van der Waals surface area contributed by atoms with E-state index >= 15 is 0 Å². The van der Waals surface area contributed by atoms with Crippen LogP contribution in [0.15, 0.2) is 48.5 Å². The van der Waals surface area contributed by atoms with Gasteiger partial charge < -0.3 is 9.64 Å². The molecule has 2 saturated carbocycles. The minimum atomic E-state index is 0.00163. The second kappa shape index (κ2) is 6.55. The summed E-state index contributed by atoms with van der Waals surface area (Å²) in [6.07, 6.45) is 5.65. The van der Waals surface area contributed by atoms with E-state index in [1.165, 1.54) is 31.2 Å². The topological polar surface area (TPSA) is 29.5 Å². The molecule has 2 fully saturated rings. The molecule has 1 unspecified atom stereocenters. The maximum Gasteiger partial charge on any atom is 0.253 e. The van der Waals surface area contributed by atoms with E-state index < -0.39 is 0 Å². The Labute approximate surface area is 149 Å². The summed E-state index contributed by atoms with van der Waals surface area (Å²) in [6.45, 7) is 0. The van der Waals surface area contributed by atoms with E-state index in [1.807, 2.05) is 12.1 Å². The van der Waals surface area contributed by atoms with Gasteiger partial charge in [0.1, 0.15) is 11.5 Å². The molecule has 0 aromatic heterocycles. The van der Waals surface area contributed by atoms with Gasteiger partial charge in [0.15, 0.2) is 0 Å². The van der Waals surface area contributed by atoms with Crippen LogP contribution >= 0.6 is 0 Å². The molecule has 2 aromatic rings. The highest BCUT2D eigenvalue weighted by Gasteiger charge is 2.39. The average molecular weight is 335 g/mol. The Hall–Kier alpha value is -2.29. The molecule has 2 aliphatic rings. The fourth-order valence-electron chi connectivity index (χ4n) is 4.50. The Kier molecular flexibility index (Phi) is 4.24. The number of carbonyl (C=O) groups excluding carboxylic acids is 1. The summed E-state index contributed by atoms with van der Waals surface area (Å²) in [5.41, 5.74) is 2.13. The normalized spacial score (nSPS) is 24.3. The predicted octanol–water partition coefficient (Wildman–Crippen LogP) is 5.08. The predicted molar refractivity (Wildman–Crippen MR) is 99.2 cm³/mol. The smallest absolute Gasteiger partial charge is 0.253 e. The molecule has 2 bridgehead atoms. The number of amides is 1. The summed E-state index contributed by atoms with van der Waals surface area (Å²) >= 11 is 0. The van der Waals surface area contributed by atoms with Gasteiger partial charge in [-0.2, -0.15) is 0 Å². The van der Waals surface area contributed by atoms with Crippen LogP contribution in [0.5, 0.6) is 11.5 Å². The summed E-state index contributed by atoms with van der Waals surface area (Å²) in [5.74, 6) is 4.22. The third-order valence-electron chi connectivity index (χ3n) is 5.79. The lowest BCUT2D eigenvalue weighted by Gasteiger charge is -2.22. The molecule has 4 rings (SSSR count). The molecule has 25 heavy (non-hydrogen) atoms. The number of carbonyl (C=O) groups is 1. The summed E-state index contributed by atoms with van der Waals surface area (Å²) in [4.78, 5) is 13.5. The first-order chi connectivity index (χ1) is 12.1. The molecule has 2 aliphatic carbocycles. The van der Waals surface area contributed by atoms with Crippen LogP contribution in [0.1, 0.15) is 47.5 Å². The molecule has 1 amide bonds. The number of hydrogen-bond acceptors (Lipinski definition) is 2. The van der Waals surface area contributed by atoms with Crippen molar-refractivity contribution in [2.24, 2.45) is 11.8 Å². The van der Waals surface area contributed by atoms with Crippen LogP contribution in [-0.2, 0) is 0 Å². The Morgan fingerprint density at radius 1 is 0.920 bits per heavy atom. The number of ether oxygens (including phenoxy) is 1. The average Bonchev–Trinajstić information content (AvgIpc) is 3.26. The molecule has 0 radical (unpaired) electrons. The SMILES string of the molecule is CN(C)C(=O)c1ccc(Oc2ccc(C3C[C@@H]4CC[C@H]3C4)cc2)cc1. The lowest BCUT2D eigenvalue weighted by Crippen LogP contribution is -2.21. The van der Waals surface area contributed by atoms with E-state index in [-0.39, 0.29) is 5.91 Å². The highest BCUT2D eigenvalue weighted by Crippen LogP contribution is 2.52. The number of nitrogens with zero attached hydrogens (tertiary/aromatic N) is 1. The highest BCUT2D eigenvalue weighted by molar-refractivity contribution is 5.93. The maximum atomic E-state index is 11.9. The van der Waals surface area contributed by atoms with Gasteiger partial charge in [-0.15, -0.1) is 0 Å². The fraction of sp³-hybridized carbons (Fsp3) is 0.409. The van der Waals surface area contributed by atoms with Crippen LogP contribution < -0.4 is 4.74 Å². The van der Waals surface area contributed by atoms with E-state index in [0.29, 0.717) is 5.56 Å². The van der Waals surface area contributed by atoms with Gasteiger partial charge in [-0.1, -0.05) is 18.6 Å². The molecule has 0 spiro atoms. The van der Waals surface area contributed by atoms with Crippen molar-refractivity contribution in [2.45, 2.75) is 31.6 Å². The zero-order chi connectivity index (χ0) is 17.4. The number of fused-ring (bicyclic) bond motifs is 2. The first kappa shape index (κ1) is 16.2.